The van der Waals surface area contributed by atoms with E-state index >= 15 is 0 Å². The third-order valence-corrected chi connectivity index (χ3v) is 12.6. The molecular formula is C52H56F3N11O7. The highest BCUT2D eigenvalue weighted by Gasteiger charge is 2.35. The van der Waals surface area contributed by atoms with Gasteiger partial charge in [0.15, 0.2) is 0 Å². The number of rotatable bonds is 14. The average Bonchev–Trinajstić information content (AvgIpc) is 3.39. The Bertz CT molecular complexity index is 2880. The van der Waals surface area contributed by atoms with Gasteiger partial charge in [-0.15, -0.1) is 0 Å². The SMILES string of the molecule is Cc1ccc(NC(=O)Nc2cccnc2)cc1-c1cc(OCCO)nc(N2CCOC(C3CC(Oc4cc(-c5cc(NC(=O)Nc6ccc(C(F)(F)F)nc6)ccc5C)cc(N5CCOCC5)n4)CCN3)C2)c1. The molecular weight excluding hydrogens is 948 g/mol. The van der Waals surface area contributed by atoms with E-state index in [4.69, 9.17) is 28.9 Å². The number of aliphatic hydroxyl groups is 1. The lowest BCUT2D eigenvalue weighted by Gasteiger charge is -2.41. The van der Waals surface area contributed by atoms with E-state index in [0.29, 0.717) is 93.6 Å². The van der Waals surface area contributed by atoms with Gasteiger partial charge in [0.25, 0.3) is 0 Å². The molecule has 3 fully saturated rings. The van der Waals surface area contributed by atoms with Crippen molar-refractivity contribution in [2.24, 2.45) is 0 Å². The second-order valence-electron chi connectivity index (χ2n) is 17.8. The fourth-order valence-electron chi connectivity index (χ4n) is 8.98. The van der Waals surface area contributed by atoms with E-state index in [1.807, 2.05) is 68.4 Å². The Balaban J connectivity index is 0.902. The first-order valence-electron chi connectivity index (χ1n) is 24.0. The van der Waals surface area contributed by atoms with Crippen molar-refractivity contribution in [3.05, 3.63) is 120 Å². The highest BCUT2D eigenvalue weighted by atomic mass is 19.4. The Hall–Kier alpha value is -7.59. The maximum Gasteiger partial charge on any atom is 0.433 e. The number of piperidine rings is 1. The molecule has 4 amide bonds. The minimum Gasteiger partial charge on any atom is -0.475 e. The van der Waals surface area contributed by atoms with E-state index in [1.54, 1.807) is 30.6 Å². The Morgan fingerprint density at radius 3 is 2.01 bits per heavy atom. The number of benzene rings is 2. The standard InChI is InChI=1S/C52H56F3N11O7/c1-32-5-7-36(59-50(68)61-38-4-3-12-56-29-38)26-41(32)34-23-47(63-48(24-34)72-21-17-67)66-16-20-71-44(31-66)43-28-40(11-13-57-43)73-49-25-35(22-46(64-49)65-14-18-70-19-15-65)42-27-37(8-6-33(42)2)60-51(69)62-39-9-10-45(58-30-39)52(53,54)55/h3-10,12,22-27,29-30,40,43-44,57,67H,11,13-21,28,31H2,1-2H3,(H2,59,61,68)(H2,60,62,69). The Kier molecular flexibility index (Phi) is 15.8. The summed E-state index contributed by atoms with van der Waals surface area (Å²) in [4.78, 5) is 47.6. The summed E-state index contributed by atoms with van der Waals surface area (Å²) in [5.41, 5.74) is 5.88. The highest BCUT2D eigenvalue weighted by Crippen LogP contribution is 2.36. The Morgan fingerprint density at radius 1 is 0.767 bits per heavy atom. The van der Waals surface area contributed by atoms with Gasteiger partial charge in [-0.1, -0.05) is 12.1 Å². The van der Waals surface area contributed by atoms with Crippen LogP contribution in [-0.2, 0) is 15.7 Å². The zero-order chi connectivity index (χ0) is 50.9. The molecule has 2 aromatic carbocycles. The molecule has 0 aliphatic carbocycles. The molecule has 382 valence electrons. The predicted molar refractivity (Wildman–Crippen MR) is 271 cm³/mol. The van der Waals surface area contributed by atoms with Gasteiger partial charge in [0.05, 0.1) is 56.3 Å². The summed E-state index contributed by atoms with van der Waals surface area (Å²) in [6.07, 6.45) is 0.473. The zero-order valence-electron chi connectivity index (χ0n) is 40.2. The third kappa shape index (κ3) is 13.1. The number of halogens is 3. The van der Waals surface area contributed by atoms with E-state index in [-0.39, 0.29) is 37.2 Å². The predicted octanol–water partition coefficient (Wildman–Crippen LogP) is 8.14. The summed E-state index contributed by atoms with van der Waals surface area (Å²) in [5, 5.41) is 24.4. The quantitative estimate of drug-likeness (QED) is 0.0609. The number of ether oxygens (including phenoxy) is 4. The molecule has 3 unspecified atom stereocenters. The van der Waals surface area contributed by atoms with Gasteiger partial charge >= 0.3 is 18.2 Å². The fraction of sp³-hybridized carbons (Fsp3) is 0.346. The van der Waals surface area contributed by atoms with Crippen molar-refractivity contribution >= 4 is 46.4 Å². The fourth-order valence-corrected chi connectivity index (χ4v) is 8.98. The molecule has 7 heterocycles. The number of aromatic nitrogens is 4. The lowest BCUT2D eigenvalue weighted by atomic mass is 9.96. The van der Waals surface area contributed by atoms with Crippen molar-refractivity contribution in [2.75, 3.05) is 96.8 Å². The van der Waals surface area contributed by atoms with E-state index in [0.717, 1.165) is 63.9 Å². The van der Waals surface area contributed by atoms with Crippen molar-refractivity contribution in [2.45, 2.75) is 51.1 Å². The third-order valence-electron chi connectivity index (χ3n) is 12.6. The molecule has 0 bridgehead atoms. The normalized spacial score (nSPS) is 18.1. The maximum atomic E-state index is 13.0. The number of morpholine rings is 2. The maximum absolute atomic E-state index is 13.0. The first-order valence-corrected chi connectivity index (χ1v) is 24.0. The molecule has 4 aromatic heterocycles. The van der Waals surface area contributed by atoms with Gasteiger partial charge in [0.1, 0.15) is 30.0 Å². The van der Waals surface area contributed by atoms with Crippen molar-refractivity contribution in [1.29, 1.82) is 0 Å². The molecule has 3 atom stereocenters. The van der Waals surface area contributed by atoms with Crippen molar-refractivity contribution in [1.82, 2.24) is 25.3 Å². The topological polar surface area (TPSA) is 209 Å². The van der Waals surface area contributed by atoms with Gasteiger partial charge < -0.3 is 60.4 Å². The highest BCUT2D eigenvalue weighted by molar-refractivity contribution is 6.01. The van der Waals surface area contributed by atoms with Crippen molar-refractivity contribution in [3.63, 3.8) is 0 Å². The molecule has 3 aliphatic rings. The first-order chi connectivity index (χ1) is 35.3. The Labute approximate surface area is 419 Å². The summed E-state index contributed by atoms with van der Waals surface area (Å²) in [6.45, 7) is 8.45. The van der Waals surface area contributed by atoms with Crippen LogP contribution in [-0.4, -0.2) is 121 Å². The first kappa shape index (κ1) is 50.4. The van der Waals surface area contributed by atoms with Crippen LogP contribution in [0.4, 0.5) is 57.1 Å². The number of aryl methyl sites for hydroxylation is 2. The molecule has 73 heavy (non-hydrogen) atoms. The number of amides is 4. The summed E-state index contributed by atoms with van der Waals surface area (Å²) in [6, 6.07) is 23.2. The van der Waals surface area contributed by atoms with Gasteiger partial charge in [-0.3, -0.25) is 4.98 Å². The summed E-state index contributed by atoms with van der Waals surface area (Å²) in [7, 11) is 0. The number of alkyl halides is 3. The number of urea groups is 2. The van der Waals surface area contributed by atoms with Crippen LogP contribution in [0.1, 0.15) is 29.7 Å². The average molecular weight is 1000 g/mol. The number of carbonyl (C=O) groups is 2. The zero-order valence-corrected chi connectivity index (χ0v) is 40.2. The molecule has 6 N–H and O–H groups in total. The molecule has 9 rings (SSSR count). The van der Waals surface area contributed by atoms with E-state index in [2.05, 4.69) is 46.4 Å². The van der Waals surface area contributed by atoms with Crippen LogP contribution in [0.3, 0.4) is 0 Å². The number of anilines is 6. The molecule has 0 saturated carbocycles. The molecule has 6 aromatic rings. The minimum atomic E-state index is -4.60. The molecule has 3 aliphatic heterocycles. The smallest absolute Gasteiger partial charge is 0.433 e. The van der Waals surface area contributed by atoms with Gasteiger partial charge in [-0.05, 0) is 121 Å². The van der Waals surface area contributed by atoms with Crippen LogP contribution in [0, 0.1) is 13.8 Å². The summed E-state index contributed by atoms with van der Waals surface area (Å²) < 4.78 is 63.9. The van der Waals surface area contributed by atoms with Gasteiger partial charge in [0, 0.05) is 68.3 Å². The lowest BCUT2D eigenvalue weighted by molar-refractivity contribution is -0.141. The van der Waals surface area contributed by atoms with Crippen LogP contribution in [0.2, 0.25) is 0 Å². The van der Waals surface area contributed by atoms with Crippen LogP contribution in [0.25, 0.3) is 22.3 Å². The second-order valence-corrected chi connectivity index (χ2v) is 17.8. The van der Waals surface area contributed by atoms with Crippen LogP contribution in [0.5, 0.6) is 11.8 Å². The lowest BCUT2D eigenvalue weighted by Crippen LogP contribution is -2.56. The van der Waals surface area contributed by atoms with Gasteiger partial charge in [-0.25, -0.2) is 14.6 Å². The molecule has 0 spiro atoms. The molecule has 3 saturated heterocycles. The molecule has 21 heteroatoms. The van der Waals surface area contributed by atoms with Crippen LogP contribution >= 0.6 is 0 Å². The number of aliphatic hydroxyl groups excluding tert-OH is 1. The minimum absolute atomic E-state index is 0.0626. The Morgan fingerprint density at radius 2 is 1.38 bits per heavy atom. The molecule has 0 radical (unpaired) electrons. The summed E-state index contributed by atoms with van der Waals surface area (Å²) in [5.74, 6) is 2.20. The number of pyridine rings is 4. The number of carbonyl (C=O) groups excluding carboxylic acids is 2. The van der Waals surface area contributed by atoms with Gasteiger partial charge in [-0.2, -0.15) is 23.1 Å². The largest absolute Gasteiger partial charge is 0.475 e. The number of nitrogens with zero attached hydrogens (tertiary/aromatic N) is 6. The van der Waals surface area contributed by atoms with Crippen LogP contribution < -0.4 is 45.9 Å². The second kappa shape index (κ2) is 22.9. The van der Waals surface area contributed by atoms with Crippen molar-refractivity contribution in [3.8, 4) is 34.0 Å². The number of hydrogen-bond acceptors (Lipinski definition) is 14. The number of hydrogen-bond donors (Lipinski definition) is 6. The van der Waals surface area contributed by atoms with E-state index in [1.165, 1.54) is 0 Å². The van der Waals surface area contributed by atoms with Crippen LogP contribution in [0.15, 0.2) is 104 Å². The van der Waals surface area contributed by atoms with Gasteiger partial charge in [0.2, 0.25) is 11.8 Å². The summed E-state index contributed by atoms with van der Waals surface area (Å²) >= 11 is 0. The van der Waals surface area contributed by atoms with Crippen molar-refractivity contribution < 1.29 is 46.8 Å². The monoisotopic (exact) mass is 1000 g/mol. The van der Waals surface area contributed by atoms with E-state index < -0.39 is 23.9 Å². The molecule has 18 nitrogen and oxygen atoms in total. The van der Waals surface area contributed by atoms with E-state index in [9.17, 15) is 27.9 Å². The number of nitrogens with one attached hydrogen (secondary N) is 5.